The van der Waals surface area contributed by atoms with E-state index in [9.17, 15) is 9.65 Å². The van der Waals surface area contributed by atoms with Crippen molar-refractivity contribution in [2.45, 2.75) is 25.9 Å². The van der Waals surface area contributed by atoms with Gasteiger partial charge in [-0.05, 0) is 25.0 Å². The standard InChI is InChI=1S/C16H13FN4/c17-13-5-3-4-11-12(10-18)16-14-6-7-19-21(14)9-2-1-8-20(16)15(11)13/h3-7H,1-2,8-9H2. The van der Waals surface area contributed by atoms with Crippen LogP contribution in [0.5, 0.6) is 0 Å². The van der Waals surface area contributed by atoms with Crippen molar-refractivity contribution in [1.29, 1.82) is 5.26 Å². The van der Waals surface area contributed by atoms with E-state index in [2.05, 4.69) is 11.2 Å². The number of hydrogen-bond acceptors (Lipinski definition) is 2. The molecule has 3 heterocycles. The van der Waals surface area contributed by atoms with Gasteiger partial charge in [0.1, 0.15) is 11.9 Å². The Labute approximate surface area is 121 Å². The van der Waals surface area contributed by atoms with Gasteiger partial charge in [-0.3, -0.25) is 4.68 Å². The van der Waals surface area contributed by atoms with Gasteiger partial charge < -0.3 is 4.57 Å². The summed E-state index contributed by atoms with van der Waals surface area (Å²) >= 11 is 0. The Kier molecular flexibility index (Phi) is 2.58. The molecule has 0 atom stereocenters. The van der Waals surface area contributed by atoms with Crippen LogP contribution in [0.3, 0.4) is 0 Å². The average molecular weight is 280 g/mol. The first kappa shape index (κ1) is 12.2. The zero-order valence-corrected chi connectivity index (χ0v) is 11.4. The number of aryl methyl sites for hydroxylation is 2. The number of hydrogen-bond donors (Lipinski definition) is 0. The lowest BCUT2D eigenvalue weighted by Crippen LogP contribution is -2.11. The van der Waals surface area contributed by atoms with Crippen LogP contribution in [-0.2, 0) is 13.1 Å². The van der Waals surface area contributed by atoms with Crippen molar-refractivity contribution >= 4 is 10.9 Å². The molecule has 2 aromatic heterocycles. The van der Waals surface area contributed by atoms with Gasteiger partial charge in [-0.15, -0.1) is 0 Å². The van der Waals surface area contributed by atoms with Crippen molar-refractivity contribution in [1.82, 2.24) is 14.3 Å². The lowest BCUT2D eigenvalue weighted by molar-refractivity contribution is 0.511. The number of benzene rings is 1. The summed E-state index contributed by atoms with van der Waals surface area (Å²) in [7, 11) is 0. The van der Waals surface area contributed by atoms with Crippen LogP contribution in [0.15, 0.2) is 30.5 Å². The molecule has 0 spiro atoms. The van der Waals surface area contributed by atoms with Crippen LogP contribution in [0.1, 0.15) is 18.4 Å². The van der Waals surface area contributed by atoms with Crippen LogP contribution in [0.25, 0.3) is 22.3 Å². The molecule has 3 aromatic rings. The first-order chi connectivity index (χ1) is 10.3. The van der Waals surface area contributed by atoms with Gasteiger partial charge in [0, 0.05) is 24.7 Å². The fourth-order valence-electron chi connectivity index (χ4n) is 3.21. The van der Waals surface area contributed by atoms with Gasteiger partial charge in [0.2, 0.25) is 0 Å². The van der Waals surface area contributed by atoms with E-state index in [4.69, 9.17) is 0 Å². The largest absolute Gasteiger partial charge is 0.336 e. The number of nitrogens with zero attached hydrogens (tertiary/aromatic N) is 4. The highest BCUT2D eigenvalue weighted by molar-refractivity contribution is 5.94. The van der Waals surface area contributed by atoms with Gasteiger partial charge in [-0.2, -0.15) is 10.4 Å². The molecule has 4 nitrogen and oxygen atoms in total. The molecule has 0 amide bonds. The number of rotatable bonds is 0. The normalized spacial score (nSPS) is 14.1. The molecule has 0 radical (unpaired) electrons. The highest BCUT2D eigenvalue weighted by Crippen LogP contribution is 2.35. The molecular weight excluding hydrogens is 267 g/mol. The maximum atomic E-state index is 14.3. The first-order valence-electron chi connectivity index (χ1n) is 7.04. The monoisotopic (exact) mass is 280 g/mol. The van der Waals surface area contributed by atoms with Crippen LogP contribution in [0.4, 0.5) is 4.39 Å². The summed E-state index contributed by atoms with van der Waals surface area (Å²) in [5.41, 5.74) is 2.74. The van der Waals surface area contributed by atoms with E-state index in [1.54, 1.807) is 12.3 Å². The molecular formula is C16H13FN4. The maximum Gasteiger partial charge on any atom is 0.147 e. The maximum absolute atomic E-state index is 14.3. The Morgan fingerprint density at radius 2 is 2.05 bits per heavy atom. The van der Waals surface area contributed by atoms with E-state index in [0.717, 1.165) is 37.3 Å². The summed E-state index contributed by atoms with van der Waals surface area (Å²) in [6.07, 6.45) is 3.67. The molecule has 0 saturated heterocycles. The summed E-state index contributed by atoms with van der Waals surface area (Å²) in [6.45, 7) is 1.55. The summed E-state index contributed by atoms with van der Waals surface area (Å²) in [5, 5.41) is 14.6. The van der Waals surface area contributed by atoms with Crippen LogP contribution in [-0.4, -0.2) is 14.3 Å². The van der Waals surface area contributed by atoms with Crippen molar-refractivity contribution in [2.24, 2.45) is 0 Å². The fourth-order valence-corrected chi connectivity index (χ4v) is 3.21. The molecule has 0 fully saturated rings. The molecule has 0 saturated carbocycles. The second-order valence-corrected chi connectivity index (χ2v) is 5.27. The van der Waals surface area contributed by atoms with Gasteiger partial charge in [0.25, 0.3) is 0 Å². The van der Waals surface area contributed by atoms with E-state index in [0.29, 0.717) is 16.5 Å². The van der Waals surface area contributed by atoms with Gasteiger partial charge in [0.05, 0.1) is 22.5 Å². The highest BCUT2D eigenvalue weighted by atomic mass is 19.1. The fraction of sp³-hybridized carbons (Fsp3) is 0.250. The van der Waals surface area contributed by atoms with Crippen molar-refractivity contribution in [2.75, 3.05) is 0 Å². The summed E-state index contributed by atoms with van der Waals surface area (Å²) in [5.74, 6) is -0.276. The van der Waals surface area contributed by atoms with E-state index >= 15 is 0 Å². The smallest absolute Gasteiger partial charge is 0.147 e. The Bertz CT molecular complexity index is 882. The summed E-state index contributed by atoms with van der Waals surface area (Å²) in [4.78, 5) is 0. The second kappa shape index (κ2) is 4.45. The minimum Gasteiger partial charge on any atom is -0.336 e. The third kappa shape index (κ3) is 1.62. The molecule has 0 aliphatic carbocycles. The third-order valence-corrected chi connectivity index (χ3v) is 4.11. The van der Waals surface area contributed by atoms with E-state index in [-0.39, 0.29) is 5.82 Å². The highest BCUT2D eigenvalue weighted by Gasteiger charge is 2.24. The van der Waals surface area contributed by atoms with E-state index in [1.807, 2.05) is 21.4 Å². The molecule has 0 N–H and O–H groups in total. The van der Waals surface area contributed by atoms with Crippen molar-refractivity contribution in [3.05, 3.63) is 41.8 Å². The Morgan fingerprint density at radius 3 is 2.90 bits per heavy atom. The molecule has 1 aromatic carbocycles. The van der Waals surface area contributed by atoms with E-state index in [1.165, 1.54) is 6.07 Å². The van der Waals surface area contributed by atoms with Crippen LogP contribution in [0.2, 0.25) is 0 Å². The minimum atomic E-state index is -0.276. The van der Waals surface area contributed by atoms with Gasteiger partial charge >= 0.3 is 0 Å². The predicted molar refractivity (Wildman–Crippen MR) is 77.1 cm³/mol. The Balaban J connectivity index is 2.19. The van der Waals surface area contributed by atoms with E-state index < -0.39 is 0 Å². The zero-order valence-electron chi connectivity index (χ0n) is 11.4. The number of halogens is 1. The number of aromatic nitrogens is 3. The van der Waals surface area contributed by atoms with Crippen molar-refractivity contribution in [3.63, 3.8) is 0 Å². The second-order valence-electron chi connectivity index (χ2n) is 5.27. The quantitative estimate of drug-likeness (QED) is 0.634. The molecule has 1 aliphatic heterocycles. The topological polar surface area (TPSA) is 46.5 Å². The zero-order chi connectivity index (χ0) is 14.4. The third-order valence-electron chi connectivity index (χ3n) is 4.11. The Hall–Kier alpha value is -2.61. The van der Waals surface area contributed by atoms with Gasteiger partial charge in [0.15, 0.2) is 0 Å². The summed E-state index contributed by atoms with van der Waals surface area (Å²) < 4.78 is 18.2. The van der Waals surface area contributed by atoms with Gasteiger partial charge in [-0.1, -0.05) is 12.1 Å². The molecule has 0 unspecified atom stereocenters. The molecule has 1 aliphatic rings. The predicted octanol–water partition coefficient (Wildman–Crippen LogP) is 3.31. The van der Waals surface area contributed by atoms with Crippen LogP contribution >= 0.6 is 0 Å². The number of nitriles is 1. The first-order valence-corrected chi connectivity index (χ1v) is 7.04. The summed E-state index contributed by atoms with van der Waals surface area (Å²) in [6, 6.07) is 9.08. The molecule has 104 valence electrons. The van der Waals surface area contributed by atoms with Gasteiger partial charge in [-0.25, -0.2) is 4.39 Å². The Morgan fingerprint density at radius 1 is 1.19 bits per heavy atom. The average Bonchev–Trinajstić information content (AvgIpc) is 3.03. The molecule has 5 heteroatoms. The SMILES string of the molecule is N#Cc1c2n(c3c(F)cccc13)CCCCn1nccc1-2. The molecule has 0 bridgehead atoms. The van der Waals surface area contributed by atoms with Crippen LogP contribution < -0.4 is 0 Å². The van der Waals surface area contributed by atoms with Crippen molar-refractivity contribution in [3.8, 4) is 17.5 Å². The minimum absolute atomic E-state index is 0.276. The van der Waals surface area contributed by atoms with Crippen LogP contribution in [0, 0.1) is 17.1 Å². The molecule has 4 rings (SSSR count). The lowest BCUT2D eigenvalue weighted by atomic mass is 10.1. The number of fused-ring (bicyclic) bond motifs is 5. The number of para-hydroxylation sites is 1. The molecule has 21 heavy (non-hydrogen) atoms. The van der Waals surface area contributed by atoms with Crippen molar-refractivity contribution < 1.29 is 4.39 Å². The lowest BCUT2D eigenvalue weighted by Gasteiger charge is -2.16.